The van der Waals surface area contributed by atoms with Gasteiger partial charge in [-0.3, -0.25) is 0 Å². The molecule has 19 heavy (non-hydrogen) atoms. The van der Waals surface area contributed by atoms with Crippen LogP contribution < -0.4 is 5.73 Å². The van der Waals surface area contributed by atoms with Crippen molar-refractivity contribution in [2.75, 3.05) is 6.54 Å². The van der Waals surface area contributed by atoms with Crippen LogP contribution in [0.3, 0.4) is 0 Å². The van der Waals surface area contributed by atoms with Gasteiger partial charge in [-0.25, -0.2) is 0 Å². The fourth-order valence-electron chi connectivity index (χ4n) is 3.17. The first-order valence-corrected chi connectivity index (χ1v) is 7.35. The summed E-state index contributed by atoms with van der Waals surface area (Å²) in [6, 6.07) is 8.81. The Labute approximate surface area is 117 Å². The monoisotopic (exact) mass is 261 g/mol. The molecule has 1 aliphatic carbocycles. The molecule has 106 valence electrons. The molecule has 1 saturated carbocycles. The normalized spacial score (nSPS) is 27.7. The standard InChI is InChI=1S/C17H27NO/c1-16(2,3)14-8-6-13(7-9-14)11-17(12-18)10-4-5-15(17)19/h6-9,15,19H,4-5,10-12,18H2,1-3H3. The predicted octanol–water partition coefficient (Wildman–Crippen LogP) is 3.02. The SMILES string of the molecule is CC(C)(C)c1ccc(CC2(CN)CCCC2O)cc1. The average molecular weight is 261 g/mol. The van der Waals surface area contributed by atoms with Crippen LogP contribution in [-0.4, -0.2) is 17.8 Å². The first-order valence-electron chi connectivity index (χ1n) is 7.35. The van der Waals surface area contributed by atoms with Gasteiger partial charge in [0.1, 0.15) is 0 Å². The Balaban J connectivity index is 2.15. The van der Waals surface area contributed by atoms with Gasteiger partial charge in [0.25, 0.3) is 0 Å². The summed E-state index contributed by atoms with van der Waals surface area (Å²) in [4.78, 5) is 0. The summed E-state index contributed by atoms with van der Waals surface area (Å²) in [6.07, 6.45) is 3.70. The lowest BCUT2D eigenvalue weighted by atomic mass is 9.77. The Morgan fingerprint density at radius 2 is 1.89 bits per heavy atom. The highest BCUT2D eigenvalue weighted by molar-refractivity contribution is 5.28. The Hall–Kier alpha value is -0.860. The first kappa shape index (κ1) is 14.5. The molecule has 0 amide bonds. The quantitative estimate of drug-likeness (QED) is 0.878. The predicted molar refractivity (Wildman–Crippen MR) is 80.2 cm³/mol. The summed E-state index contributed by atoms with van der Waals surface area (Å²) in [5.74, 6) is 0. The molecule has 2 atom stereocenters. The molecule has 0 saturated heterocycles. The van der Waals surface area contributed by atoms with Crippen LogP contribution in [0.4, 0.5) is 0 Å². The van der Waals surface area contributed by atoms with Gasteiger partial charge >= 0.3 is 0 Å². The molecule has 0 heterocycles. The van der Waals surface area contributed by atoms with Crippen molar-refractivity contribution < 1.29 is 5.11 Å². The van der Waals surface area contributed by atoms with Gasteiger partial charge in [-0.1, -0.05) is 51.5 Å². The molecule has 0 bridgehead atoms. The van der Waals surface area contributed by atoms with Crippen LogP contribution in [0.25, 0.3) is 0 Å². The van der Waals surface area contributed by atoms with Gasteiger partial charge in [0.2, 0.25) is 0 Å². The van der Waals surface area contributed by atoms with Crippen LogP contribution in [0.15, 0.2) is 24.3 Å². The second-order valence-corrected chi connectivity index (χ2v) is 7.10. The van der Waals surface area contributed by atoms with E-state index < -0.39 is 0 Å². The molecule has 0 aromatic heterocycles. The lowest BCUT2D eigenvalue weighted by molar-refractivity contribution is 0.0588. The largest absolute Gasteiger partial charge is 0.392 e. The zero-order valence-electron chi connectivity index (χ0n) is 12.4. The minimum Gasteiger partial charge on any atom is -0.392 e. The highest BCUT2D eigenvalue weighted by Crippen LogP contribution is 2.40. The van der Waals surface area contributed by atoms with Gasteiger partial charge in [0, 0.05) is 12.0 Å². The molecule has 2 unspecified atom stereocenters. The van der Waals surface area contributed by atoms with Gasteiger partial charge in [0.15, 0.2) is 0 Å². The number of hydrogen-bond acceptors (Lipinski definition) is 2. The molecular weight excluding hydrogens is 234 g/mol. The summed E-state index contributed by atoms with van der Waals surface area (Å²) >= 11 is 0. The minimum absolute atomic E-state index is 0.0940. The number of hydrogen-bond donors (Lipinski definition) is 2. The van der Waals surface area contributed by atoms with Crippen LogP contribution in [0, 0.1) is 5.41 Å². The van der Waals surface area contributed by atoms with Gasteiger partial charge in [-0.2, -0.15) is 0 Å². The lowest BCUT2D eigenvalue weighted by Crippen LogP contribution is -2.39. The number of nitrogens with two attached hydrogens (primary N) is 1. The lowest BCUT2D eigenvalue weighted by Gasteiger charge is -2.31. The zero-order chi connectivity index (χ0) is 14.1. The van der Waals surface area contributed by atoms with Crippen LogP contribution in [0.5, 0.6) is 0 Å². The van der Waals surface area contributed by atoms with E-state index in [2.05, 4.69) is 45.0 Å². The van der Waals surface area contributed by atoms with Crippen molar-refractivity contribution in [3.63, 3.8) is 0 Å². The molecule has 1 aliphatic rings. The summed E-state index contributed by atoms with van der Waals surface area (Å²) in [6.45, 7) is 7.26. The van der Waals surface area contributed by atoms with E-state index >= 15 is 0 Å². The highest BCUT2D eigenvalue weighted by Gasteiger charge is 2.40. The third-order valence-electron chi connectivity index (χ3n) is 4.64. The first-order chi connectivity index (χ1) is 8.87. The topological polar surface area (TPSA) is 46.2 Å². The molecule has 0 aliphatic heterocycles. The Morgan fingerprint density at radius 3 is 2.32 bits per heavy atom. The van der Waals surface area contributed by atoms with E-state index in [1.165, 1.54) is 11.1 Å². The van der Waals surface area contributed by atoms with E-state index in [4.69, 9.17) is 5.73 Å². The average Bonchev–Trinajstić information content (AvgIpc) is 2.71. The summed E-state index contributed by atoms with van der Waals surface area (Å²) < 4.78 is 0. The fraction of sp³-hybridized carbons (Fsp3) is 0.647. The number of rotatable bonds is 3. The summed E-state index contributed by atoms with van der Waals surface area (Å²) in [7, 11) is 0. The summed E-state index contributed by atoms with van der Waals surface area (Å²) in [5.41, 5.74) is 8.69. The van der Waals surface area contributed by atoms with Crippen LogP contribution in [0.2, 0.25) is 0 Å². The third-order valence-corrected chi connectivity index (χ3v) is 4.64. The van der Waals surface area contributed by atoms with Crippen molar-refractivity contribution >= 4 is 0 Å². The zero-order valence-corrected chi connectivity index (χ0v) is 12.4. The number of aliphatic hydroxyl groups is 1. The van der Waals surface area contributed by atoms with Crippen LogP contribution >= 0.6 is 0 Å². The van der Waals surface area contributed by atoms with E-state index in [0.29, 0.717) is 6.54 Å². The van der Waals surface area contributed by atoms with Crippen molar-refractivity contribution in [2.45, 2.75) is 58.0 Å². The fourth-order valence-corrected chi connectivity index (χ4v) is 3.17. The molecule has 2 nitrogen and oxygen atoms in total. The van der Waals surface area contributed by atoms with E-state index in [-0.39, 0.29) is 16.9 Å². The smallest absolute Gasteiger partial charge is 0.0611 e. The Morgan fingerprint density at radius 1 is 1.26 bits per heavy atom. The molecular formula is C17H27NO. The van der Waals surface area contributed by atoms with Crippen LogP contribution in [-0.2, 0) is 11.8 Å². The van der Waals surface area contributed by atoms with E-state index in [1.807, 2.05) is 0 Å². The maximum atomic E-state index is 10.2. The molecule has 0 radical (unpaired) electrons. The van der Waals surface area contributed by atoms with Gasteiger partial charge < -0.3 is 10.8 Å². The van der Waals surface area contributed by atoms with Gasteiger partial charge in [-0.15, -0.1) is 0 Å². The second-order valence-electron chi connectivity index (χ2n) is 7.10. The molecule has 1 aromatic carbocycles. The van der Waals surface area contributed by atoms with E-state index in [9.17, 15) is 5.11 Å². The van der Waals surface area contributed by atoms with Crippen LogP contribution in [0.1, 0.15) is 51.2 Å². The maximum Gasteiger partial charge on any atom is 0.0611 e. The molecule has 0 spiro atoms. The van der Waals surface area contributed by atoms with E-state index in [1.54, 1.807) is 0 Å². The summed E-state index contributed by atoms with van der Waals surface area (Å²) in [5, 5.41) is 10.2. The Bertz CT molecular complexity index is 418. The highest BCUT2D eigenvalue weighted by atomic mass is 16.3. The van der Waals surface area contributed by atoms with Gasteiger partial charge in [0.05, 0.1) is 6.10 Å². The number of aliphatic hydroxyl groups excluding tert-OH is 1. The molecule has 1 fully saturated rings. The number of benzene rings is 1. The molecule has 2 heteroatoms. The third kappa shape index (κ3) is 3.01. The second kappa shape index (κ2) is 5.26. The van der Waals surface area contributed by atoms with Crippen molar-refractivity contribution in [1.82, 2.24) is 0 Å². The maximum absolute atomic E-state index is 10.2. The van der Waals surface area contributed by atoms with Crippen molar-refractivity contribution in [3.05, 3.63) is 35.4 Å². The van der Waals surface area contributed by atoms with Crippen molar-refractivity contribution in [3.8, 4) is 0 Å². The molecule has 3 N–H and O–H groups in total. The Kier molecular flexibility index (Phi) is 4.03. The van der Waals surface area contributed by atoms with Crippen molar-refractivity contribution in [1.29, 1.82) is 0 Å². The van der Waals surface area contributed by atoms with Crippen molar-refractivity contribution in [2.24, 2.45) is 11.1 Å². The molecule has 2 rings (SSSR count). The van der Waals surface area contributed by atoms with Gasteiger partial charge in [-0.05, 0) is 35.8 Å². The minimum atomic E-state index is -0.236. The molecule has 1 aromatic rings. The van der Waals surface area contributed by atoms with E-state index in [0.717, 1.165) is 25.7 Å².